The summed E-state index contributed by atoms with van der Waals surface area (Å²) in [7, 11) is 2.51. The first kappa shape index (κ1) is 8.33. The van der Waals surface area contributed by atoms with E-state index in [9.17, 15) is 0 Å². The summed E-state index contributed by atoms with van der Waals surface area (Å²) in [4.78, 5) is 0. The molecule has 1 heterocycles. The quantitative estimate of drug-likeness (QED) is 0.553. The smallest absolute Gasteiger partial charge is 0.134 e. The highest BCUT2D eigenvalue weighted by molar-refractivity contribution is 7.26. The van der Waals surface area contributed by atoms with Crippen LogP contribution in [0, 0.1) is 0 Å². The van der Waals surface area contributed by atoms with Gasteiger partial charge in [0.05, 0.1) is 0 Å². The molecule has 1 atom stereocenters. The zero-order valence-electron chi connectivity index (χ0n) is 7.03. The highest BCUT2D eigenvalue weighted by Crippen LogP contribution is 2.21. The van der Waals surface area contributed by atoms with Crippen LogP contribution >= 0.6 is 9.24 Å². The second-order valence-electron chi connectivity index (χ2n) is 2.83. The van der Waals surface area contributed by atoms with Gasteiger partial charge in [0.25, 0.3) is 0 Å². The molecule has 2 rings (SSSR count). The molecule has 1 aromatic heterocycles. The van der Waals surface area contributed by atoms with Crippen LogP contribution < -0.4 is 11.2 Å². The molecule has 0 spiro atoms. The van der Waals surface area contributed by atoms with E-state index >= 15 is 0 Å². The lowest BCUT2D eigenvalue weighted by molar-refractivity contribution is 0.620. The van der Waals surface area contributed by atoms with Gasteiger partial charge in [0.1, 0.15) is 11.3 Å². The van der Waals surface area contributed by atoms with Crippen LogP contribution in [0.3, 0.4) is 0 Å². The minimum Gasteiger partial charge on any atom is -0.457 e. The molecule has 0 fully saturated rings. The Labute approximate surface area is 79.0 Å². The molecular weight excluding hydrogens is 181 g/mol. The van der Waals surface area contributed by atoms with Gasteiger partial charge in [-0.15, -0.1) is 0 Å². The van der Waals surface area contributed by atoms with Crippen molar-refractivity contribution in [3.05, 3.63) is 36.4 Å². The Bertz CT molecular complexity index is 422. The van der Waals surface area contributed by atoms with E-state index in [4.69, 9.17) is 10.2 Å². The predicted octanol–water partition coefficient (Wildman–Crippen LogP) is 2.03. The first-order valence-corrected chi connectivity index (χ1v) is 4.54. The number of rotatable bonds is 1. The molecule has 0 aliphatic heterocycles. The Morgan fingerprint density at radius 2 is 2.00 bits per heavy atom. The van der Waals surface area contributed by atoms with Crippen molar-refractivity contribution in [2.75, 3.05) is 5.73 Å². The molecule has 0 saturated heterocycles. The number of nitrogens with two attached hydrogens (primary N) is 1. The molecule has 0 bridgehead atoms. The highest BCUT2D eigenvalue weighted by atomic mass is 31.0. The fourth-order valence-corrected chi connectivity index (χ4v) is 1.42. The van der Waals surface area contributed by atoms with Crippen LogP contribution in [0.4, 0.5) is 5.69 Å². The molecule has 13 heavy (non-hydrogen) atoms. The summed E-state index contributed by atoms with van der Waals surface area (Å²) < 4.78 is 5.43. The largest absolute Gasteiger partial charge is 0.457 e. The number of furan rings is 1. The molecule has 3 heteroatoms. The Morgan fingerprint density at radius 3 is 2.62 bits per heavy atom. The Hall–Kier alpha value is -1.27. The van der Waals surface area contributed by atoms with E-state index in [0.717, 1.165) is 22.5 Å². The lowest BCUT2D eigenvalue weighted by Crippen LogP contribution is -1.84. The molecule has 2 aromatic rings. The number of hydrogen-bond donors (Lipinski definition) is 1. The summed E-state index contributed by atoms with van der Waals surface area (Å²) in [6.45, 7) is 0. The van der Waals surface area contributed by atoms with Crippen molar-refractivity contribution in [2.45, 2.75) is 0 Å². The summed E-state index contributed by atoms with van der Waals surface area (Å²) in [5, 5.41) is 0. The van der Waals surface area contributed by atoms with Crippen LogP contribution in [0.2, 0.25) is 0 Å². The first-order valence-electron chi connectivity index (χ1n) is 3.97. The van der Waals surface area contributed by atoms with Gasteiger partial charge >= 0.3 is 0 Å². The van der Waals surface area contributed by atoms with E-state index in [0.29, 0.717) is 0 Å². The normalized spacial score (nSPS) is 10.2. The minimum absolute atomic E-state index is 0.749. The molecule has 0 radical (unpaired) electrons. The monoisotopic (exact) mass is 191 g/mol. The van der Waals surface area contributed by atoms with Crippen molar-refractivity contribution in [1.29, 1.82) is 0 Å². The van der Waals surface area contributed by atoms with Gasteiger partial charge in [-0.1, -0.05) is 21.4 Å². The molecule has 0 saturated carbocycles. The molecule has 1 unspecified atom stereocenters. The molecule has 66 valence electrons. The van der Waals surface area contributed by atoms with Crippen molar-refractivity contribution in [1.82, 2.24) is 0 Å². The number of benzene rings is 1. The van der Waals surface area contributed by atoms with Gasteiger partial charge in [0.2, 0.25) is 0 Å². The molecule has 0 aliphatic rings. The molecule has 1 aromatic carbocycles. The summed E-state index contributed by atoms with van der Waals surface area (Å²) >= 11 is 0. The fourth-order valence-electron chi connectivity index (χ4n) is 1.20. The highest BCUT2D eigenvalue weighted by Gasteiger charge is 2.01. The maximum absolute atomic E-state index is 5.66. The number of hydrogen-bond acceptors (Lipinski definition) is 2. The van der Waals surface area contributed by atoms with E-state index in [1.165, 1.54) is 0 Å². The van der Waals surface area contributed by atoms with Crippen molar-refractivity contribution in [3.63, 3.8) is 0 Å². The van der Waals surface area contributed by atoms with Crippen molar-refractivity contribution < 1.29 is 4.42 Å². The van der Waals surface area contributed by atoms with E-state index in [-0.39, 0.29) is 0 Å². The third kappa shape index (κ3) is 1.73. The van der Waals surface area contributed by atoms with Gasteiger partial charge in [-0.25, -0.2) is 0 Å². The van der Waals surface area contributed by atoms with Gasteiger partial charge in [-0.3, -0.25) is 0 Å². The zero-order chi connectivity index (χ0) is 9.26. The second-order valence-corrected chi connectivity index (χ2v) is 3.40. The maximum Gasteiger partial charge on any atom is 0.134 e. The van der Waals surface area contributed by atoms with Crippen molar-refractivity contribution in [3.8, 4) is 11.3 Å². The van der Waals surface area contributed by atoms with Gasteiger partial charge in [-0.2, -0.15) is 0 Å². The topological polar surface area (TPSA) is 39.2 Å². The van der Waals surface area contributed by atoms with Crippen LogP contribution in [0.15, 0.2) is 40.8 Å². The SMILES string of the molecule is Nc1cccc(-c2ccc(P)o2)c1. The van der Waals surface area contributed by atoms with E-state index in [1.807, 2.05) is 36.4 Å². The Kier molecular flexibility index (Phi) is 2.07. The lowest BCUT2D eigenvalue weighted by Gasteiger charge is -1.97. The van der Waals surface area contributed by atoms with Crippen LogP contribution in [-0.2, 0) is 0 Å². The average molecular weight is 191 g/mol. The molecule has 0 aliphatic carbocycles. The van der Waals surface area contributed by atoms with Crippen molar-refractivity contribution >= 4 is 20.4 Å². The van der Waals surface area contributed by atoms with E-state index < -0.39 is 0 Å². The lowest BCUT2D eigenvalue weighted by atomic mass is 10.1. The number of nitrogen functional groups attached to an aromatic ring is 1. The van der Waals surface area contributed by atoms with Gasteiger partial charge in [0.15, 0.2) is 0 Å². The van der Waals surface area contributed by atoms with Gasteiger partial charge < -0.3 is 10.2 Å². The predicted molar refractivity (Wildman–Crippen MR) is 57.9 cm³/mol. The van der Waals surface area contributed by atoms with Crippen LogP contribution in [0.1, 0.15) is 0 Å². The average Bonchev–Trinajstić information content (AvgIpc) is 2.52. The summed E-state index contributed by atoms with van der Waals surface area (Å²) in [5.74, 6) is 0.845. The van der Waals surface area contributed by atoms with Crippen LogP contribution in [0.5, 0.6) is 0 Å². The zero-order valence-corrected chi connectivity index (χ0v) is 8.18. The molecule has 0 amide bonds. The van der Waals surface area contributed by atoms with E-state index in [2.05, 4.69) is 9.24 Å². The Morgan fingerprint density at radius 1 is 1.15 bits per heavy atom. The van der Waals surface area contributed by atoms with Gasteiger partial charge in [0, 0.05) is 11.3 Å². The third-order valence-electron chi connectivity index (χ3n) is 1.80. The Balaban J connectivity index is 2.46. The van der Waals surface area contributed by atoms with Crippen molar-refractivity contribution in [2.24, 2.45) is 0 Å². The van der Waals surface area contributed by atoms with E-state index in [1.54, 1.807) is 0 Å². The second kappa shape index (κ2) is 3.23. The van der Waals surface area contributed by atoms with Gasteiger partial charge in [-0.05, 0) is 24.3 Å². The number of anilines is 1. The summed E-state index contributed by atoms with van der Waals surface area (Å²) in [5.41, 5.74) is 8.24. The third-order valence-corrected chi connectivity index (χ3v) is 2.11. The molecule has 2 nitrogen and oxygen atoms in total. The van der Waals surface area contributed by atoms with Crippen LogP contribution in [0.25, 0.3) is 11.3 Å². The summed E-state index contributed by atoms with van der Waals surface area (Å²) in [6.07, 6.45) is 0. The fraction of sp³-hybridized carbons (Fsp3) is 0. The van der Waals surface area contributed by atoms with Crippen LogP contribution in [-0.4, -0.2) is 0 Å². The first-order chi connectivity index (χ1) is 6.25. The minimum atomic E-state index is 0.749. The standard InChI is InChI=1S/C10H10NOP/c11-8-3-1-2-7(6-8)9-4-5-10(13)12-9/h1-6H,11,13H2. The molecular formula is C10H10NOP. The molecule has 2 N–H and O–H groups in total. The maximum atomic E-state index is 5.66. The summed E-state index contributed by atoms with van der Waals surface area (Å²) in [6, 6.07) is 11.5.